The second-order valence-electron chi connectivity index (χ2n) is 5.94. The Balaban J connectivity index is 1.94. The second kappa shape index (κ2) is 6.19. The molecule has 1 aliphatic heterocycles. The van der Waals surface area contributed by atoms with Gasteiger partial charge in [0.15, 0.2) is 0 Å². The monoisotopic (exact) mass is 239 g/mol. The third-order valence-electron chi connectivity index (χ3n) is 4.68. The first kappa shape index (κ1) is 13.4. The van der Waals surface area contributed by atoms with E-state index in [-0.39, 0.29) is 5.60 Å². The third kappa shape index (κ3) is 3.23. The van der Waals surface area contributed by atoms with Gasteiger partial charge in [0.05, 0.1) is 5.60 Å². The molecule has 1 spiro atoms. The number of hydrogen-bond donors (Lipinski definition) is 1. The molecule has 1 saturated heterocycles. The molecule has 0 aromatic rings. The first-order valence-electron chi connectivity index (χ1n) is 7.67. The lowest BCUT2D eigenvalue weighted by molar-refractivity contribution is -0.0982. The van der Waals surface area contributed by atoms with Crippen LogP contribution in [0, 0.1) is 5.92 Å². The van der Waals surface area contributed by atoms with Gasteiger partial charge in [-0.1, -0.05) is 33.1 Å². The number of ether oxygens (including phenoxy) is 1. The van der Waals surface area contributed by atoms with Gasteiger partial charge >= 0.3 is 0 Å². The molecule has 1 heterocycles. The summed E-state index contributed by atoms with van der Waals surface area (Å²) in [5.74, 6) is 0.849. The summed E-state index contributed by atoms with van der Waals surface area (Å²) < 4.78 is 6.14. The van der Waals surface area contributed by atoms with Crippen molar-refractivity contribution in [3.63, 3.8) is 0 Å². The summed E-state index contributed by atoms with van der Waals surface area (Å²) in [7, 11) is 0. The summed E-state index contributed by atoms with van der Waals surface area (Å²) in [6, 6.07) is 0.728. The smallest absolute Gasteiger partial charge is 0.0685 e. The van der Waals surface area contributed by atoms with E-state index in [4.69, 9.17) is 4.74 Å². The Morgan fingerprint density at radius 2 is 2.06 bits per heavy atom. The van der Waals surface area contributed by atoms with E-state index < -0.39 is 0 Å². The van der Waals surface area contributed by atoms with Gasteiger partial charge in [-0.05, 0) is 44.6 Å². The normalized spacial score (nSPS) is 29.6. The van der Waals surface area contributed by atoms with Gasteiger partial charge in [-0.2, -0.15) is 0 Å². The largest absolute Gasteiger partial charge is 0.375 e. The van der Waals surface area contributed by atoms with E-state index in [1.54, 1.807) is 0 Å². The molecule has 2 atom stereocenters. The minimum absolute atomic E-state index is 0.282. The first-order valence-corrected chi connectivity index (χ1v) is 7.67. The van der Waals surface area contributed by atoms with Crippen LogP contribution in [0.25, 0.3) is 0 Å². The highest BCUT2D eigenvalue weighted by Gasteiger charge is 2.41. The van der Waals surface area contributed by atoms with Crippen LogP contribution in [-0.4, -0.2) is 24.8 Å². The lowest BCUT2D eigenvalue weighted by atomic mass is 9.79. The van der Waals surface area contributed by atoms with Crippen molar-refractivity contribution in [3.8, 4) is 0 Å². The molecule has 1 N–H and O–H groups in total. The minimum Gasteiger partial charge on any atom is -0.375 e. The van der Waals surface area contributed by atoms with Crippen molar-refractivity contribution in [2.45, 2.75) is 76.9 Å². The van der Waals surface area contributed by atoms with Crippen molar-refractivity contribution in [2.24, 2.45) is 5.92 Å². The molecular formula is C15H29NO. The summed E-state index contributed by atoms with van der Waals surface area (Å²) in [6.07, 6.45) is 10.6. The zero-order valence-corrected chi connectivity index (χ0v) is 11.6. The third-order valence-corrected chi connectivity index (χ3v) is 4.68. The van der Waals surface area contributed by atoms with Gasteiger partial charge in [0, 0.05) is 12.6 Å². The van der Waals surface area contributed by atoms with Crippen molar-refractivity contribution in [2.75, 3.05) is 13.2 Å². The van der Waals surface area contributed by atoms with Gasteiger partial charge in [0.25, 0.3) is 0 Å². The standard InChI is InChI=1S/C15H29NO/c1-3-7-14(16-4-2)13-8-11-17-15(12-13)9-5-6-10-15/h13-14,16H,3-12H2,1-2H3. The molecule has 1 aliphatic carbocycles. The molecule has 1 saturated carbocycles. The van der Waals surface area contributed by atoms with Gasteiger partial charge in [-0.25, -0.2) is 0 Å². The number of nitrogens with one attached hydrogen (secondary N) is 1. The highest BCUT2D eigenvalue weighted by molar-refractivity contribution is 4.94. The first-order chi connectivity index (χ1) is 8.29. The van der Waals surface area contributed by atoms with Crippen molar-refractivity contribution < 1.29 is 4.74 Å². The Bertz CT molecular complexity index is 217. The van der Waals surface area contributed by atoms with Crippen LogP contribution in [0.4, 0.5) is 0 Å². The molecular weight excluding hydrogens is 210 g/mol. The van der Waals surface area contributed by atoms with Crippen LogP contribution in [-0.2, 0) is 4.74 Å². The van der Waals surface area contributed by atoms with Gasteiger partial charge in [-0.15, -0.1) is 0 Å². The molecule has 2 rings (SSSR count). The molecule has 17 heavy (non-hydrogen) atoms. The van der Waals surface area contributed by atoms with E-state index in [9.17, 15) is 0 Å². The van der Waals surface area contributed by atoms with E-state index in [1.807, 2.05) is 0 Å². The van der Waals surface area contributed by atoms with Crippen LogP contribution >= 0.6 is 0 Å². The maximum absolute atomic E-state index is 6.14. The molecule has 2 aliphatic rings. The van der Waals surface area contributed by atoms with E-state index >= 15 is 0 Å². The van der Waals surface area contributed by atoms with E-state index in [1.165, 1.54) is 51.4 Å². The number of rotatable bonds is 5. The molecule has 2 unspecified atom stereocenters. The highest BCUT2D eigenvalue weighted by Crippen LogP contribution is 2.43. The van der Waals surface area contributed by atoms with Crippen LogP contribution in [0.1, 0.15) is 65.2 Å². The summed E-state index contributed by atoms with van der Waals surface area (Å²) in [4.78, 5) is 0. The van der Waals surface area contributed by atoms with Crippen molar-refractivity contribution >= 4 is 0 Å². The Morgan fingerprint density at radius 3 is 2.71 bits per heavy atom. The summed E-state index contributed by atoms with van der Waals surface area (Å²) >= 11 is 0. The van der Waals surface area contributed by atoms with E-state index in [0.717, 1.165) is 25.1 Å². The van der Waals surface area contributed by atoms with Crippen molar-refractivity contribution in [1.82, 2.24) is 5.32 Å². The quantitative estimate of drug-likeness (QED) is 0.793. The van der Waals surface area contributed by atoms with Gasteiger partial charge < -0.3 is 10.1 Å². The van der Waals surface area contributed by atoms with Gasteiger partial charge in [-0.3, -0.25) is 0 Å². The fraction of sp³-hybridized carbons (Fsp3) is 1.00. The van der Waals surface area contributed by atoms with Gasteiger partial charge in [0.1, 0.15) is 0 Å². The topological polar surface area (TPSA) is 21.3 Å². The summed E-state index contributed by atoms with van der Waals surface area (Å²) in [5.41, 5.74) is 0.282. The van der Waals surface area contributed by atoms with Crippen molar-refractivity contribution in [3.05, 3.63) is 0 Å². The molecule has 2 fully saturated rings. The molecule has 0 bridgehead atoms. The Hall–Kier alpha value is -0.0800. The van der Waals surface area contributed by atoms with E-state index in [0.29, 0.717) is 0 Å². The Morgan fingerprint density at radius 1 is 1.29 bits per heavy atom. The molecule has 2 heteroatoms. The fourth-order valence-electron chi connectivity index (χ4n) is 3.85. The van der Waals surface area contributed by atoms with Crippen LogP contribution < -0.4 is 5.32 Å². The van der Waals surface area contributed by atoms with Crippen LogP contribution in [0.15, 0.2) is 0 Å². The summed E-state index contributed by atoms with van der Waals surface area (Å²) in [6.45, 7) is 6.63. The maximum atomic E-state index is 6.14. The molecule has 2 nitrogen and oxygen atoms in total. The minimum atomic E-state index is 0.282. The molecule has 0 aromatic carbocycles. The SMILES string of the molecule is CCCC(NCC)C1CCOC2(CCCC2)C1. The highest BCUT2D eigenvalue weighted by atomic mass is 16.5. The summed E-state index contributed by atoms with van der Waals surface area (Å²) in [5, 5.41) is 3.70. The predicted molar refractivity (Wildman–Crippen MR) is 72.2 cm³/mol. The average Bonchev–Trinajstić information content (AvgIpc) is 2.77. The van der Waals surface area contributed by atoms with Crippen LogP contribution in [0.5, 0.6) is 0 Å². The zero-order chi connectivity index (χ0) is 12.1. The lowest BCUT2D eigenvalue weighted by Gasteiger charge is -2.41. The van der Waals surface area contributed by atoms with Gasteiger partial charge in [0.2, 0.25) is 0 Å². The molecule has 0 radical (unpaired) electrons. The Labute approximate surface area is 107 Å². The van der Waals surface area contributed by atoms with Crippen LogP contribution in [0.3, 0.4) is 0 Å². The predicted octanol–water partition coefficient (Wildman–Crippen LogP) is 3.50. The second-order valence-corrected chi connectivity index (χ2v) is 5.94. The Kier molecular flexibility index (Phi) is 4.87. The van der Waals surface area contributed by atoms with Crippen LogP contribution in [0.2, 0.25) is 0 Å². The fourth-order valence-corrected chi connectivity index (χ4v) is 3.85. The maximum Gasteiger partial charge on any atom is 0.0685 e. The number of hydrogen-bond acceptors (Lipinski definition) is 2. The van der Waals surface area contributed by atoms with E-state index in [2.05, 4.69) is 19.2 Å². The average molecular weight is 239 g/mol. The zero-order valence-electron chi connectivity index (χ0n) is 11.6. The molecule has 100 valence electrons. The molecule has 0 aromatic heterocycles. The molecule has 0 amide bonds. The lowest BCUT2D eigenvalue weighted by Crippen LogP contribution is -2.45. The van der Waals surface area contributed by atoms with Crippen molar-refractivity contribution in [1.29, 1.82) is 0 Å².